The number of rotatable bonds is 5. The number of methoxy groups -OCH3 is 1. The number of benzene rings is 1. The first-order valence-corrected chi connectivity index (χ1v) is 12.3. The Morgan fingerprint density at radius 3 is 2.26 bits per heavy atom. The predicted octanol–water partition coefficient (Wildman–Crippen LogP) is 5.11. The minimum Gasteiger partial charge on any atom is -0.465 e. The first-order chi connectivity index (χ1) is 18.4. The van der Waals surface area contributed by atoms with Crippen molar-refractivity contribution in [2.75, 3.05) is 38.2 Å². The van der Waals surface area contributed by atoms with Gasteiger partial charge in [0.1, 0.15) is 5.60 Å². The topological polar surface area (TPSA) is 107 Å². The molecule has 3 heterocycles. The summed E-state index contributed by atoms with van der Waals surface area (Å²) in [7, 11) is 1.21. The average Bonchev–Trinajstić information content (AvgIpc) is 2.90. The van der Waals surface area contributed by atoms with Gasteiger partial charge in [0.05, 0.1) is 35.8 Å². The molecule has 13 heteroatoms. The molecule has 206 valence electrons. The number of esters is 1. The molecular formula is C26H26ClF2N5O5. The molecule has 1 amide bonds. The van der Waals surface area contributed by atoms with E-state index in [1.165, 1.54) is 37.7 Å². The van der Waals surface area contributed by atoms with E-state index in [-0.39, 0.29) is 34.5 Å². The molecule has 3 aromatic rings. The minimum absolute atomic E-state index is 0.0314. The number of nitrogens with zero attached hydrogens (tertiary/aromatic N) is 5. The smallest absolute Gasteiger partial charge is 0.410 e. The first-order valence-electron chi connectivity index (χ1n) is 11.9. The quantitative estimate of drug-likeness (QED) is 0.310. The van der Waals surface area contributed by atoms with Crippen LogP contribution in [-0.2, 0) is 9.47 Å². The maximum atomic E-state index is 14.0. The number of amides is 1. The van der Waals surface area contributed by atoms with E-state index in [2.05, 4.69) is 15.0 Å². The van der Waals surface area contributed by atoms with E-state index < -0.39 is 28.2 Å². The Labute approximate surface area is 228 Å². The van der Waals surface area contributed by atoms with E-state index in [9.17, 15) is 18.4 Å². The van der Waals surface area contributed by atoms with E-state index in [1.807, 2.05) is 25.7 Å². The number of aromatic nitrogens is 3. The van der Waals surface area contributed by atoms with Crippen LogP contribution in [0, 0.1) is 11.6 Å². The van der Waals surface area contributed by atoms with Crippen molar-refractivity contribution in [1.82, 2.24) is 19.9 Å². The summed E-state index contributed by atoms with van der Waals surface area (Å²) >= 11 is 5.78. The number of carbonyl (C=O) groups excluding carboxylic acids is 2. The van der Waals surface area contributed by atoms with Crippen LogP contribution in [0.1, 0.15) is 31.1 Å². The monoisotopic (exact) mass is 561 g/mol. The SMILES string of the molecule is COC(=O)c1cc(Oc2cnc(N3CCN(C(=O)OC(C)(C)C)CC3)nc2)nc(-c2cc(F)c(F)c(Cl)c2)c1. The minimum atomic E-state index is -1.19. The molecule has 2 aromatic heterocycles. The van der Waals surface area contributed by atoms with Gasteiger partial charge in [-0.1, -0.05) is 11.6 Å². The number of carbonyl (C=O) groups is 2. The van der Waals surface area contributed by atoms with Gasteiger partial charge in [-0.2, -0.15) is 0 Å². The molecule has 1 aliphatic rings. The van der Waals surface area contributed by atoms with Crippen molar-refractivity contribution < 1.29 is 32.6 Å². The first kappa shape index (κ1) is 28.0. The molecule has 0 spiro atoms. The van der Waals surface area contributed by atoms with Crippen LogP contribution in [0.15, 0.2) is 36.7 Å². The maximum Gasteiger partial charge on any atom is 0.410 e. The largest absolute Gasteiger partial charge is 0.465 e. The maximum absolute atomic E-state index is 14.0. The molecule has 4 rings (SSSR count). The van der Waals surface area contributed by atoms with E-state index in [1.54, 1.807) is 4.90 Å². The molecular weight excluding hydrogens is 536 g/mol. The number of pyridine rings is 1. The van der Waals surface area contributed by atoms with Crippen molar-refractivity contribution in [1.29, 1.82) is 0 Å². The molecule has 0 bridgehead atoms. The van der Waals surface area contributed by atoms with Gasteiger partial charge in [0, 0.05) is 37.8 Å². The molecule has 0 unspecified atom stereocenters. The van der Waals surface area contributed by atoms with Crippen LogP contribution in [0.5, 0.6) is 11.6 Å². The lowest BCUT2D eigenvalue weighted by Gasteiger charge is -2.35. The van der Waals surface area contributed by atoms with Crippen LogP contribution in [0.2, 0.25) is 5.02 Å². The second kappa shape index (κ2) is 11.4. The molecule has 0 atom stereocenters. The fourth-order valence-electron chi connectivity index (χ4n) is 3.71. The Morgan fingerprint density at radius 1 is 1.00 bits per heavy atom. The van der Waals surface area contributed by atoms with Gasteiger partial charge in [-0.3, -0.25) is 0 Å². The number of piperazine rings is 1. The predicted molar refractivity (Wildman–Crippen MR) is 138 cm³/mol. The van der Waals surface area contributed by atoms with Gasteiger partial charge in [0.15, 0.2) is 17.4 Å². The number of hydrogen-bond acceptors (Lipinski definition) is 9. The van der Waals surface area contributed by atoms with Crippen LogP contribution < -0.4 is 9.64 Å². The van der Waals surface area contributed by atoms with Crippen molar-refractivity contribution in [2.24, 2.45) is 0 Å². The average molecular weight is 562 g/mol. The second-order valence-corrected chi connectivity index (χ2v) is 10.0. The molecule has 0 saturated carbocycles. The summed E-state index contributed by atoms with van der Waals surface area (Å²) < 4.78 is 43.6. The second-order valence-electron chi connectivity index (χ2n) is 9.60. The van der Waals surface area contributed by atoms with Gasteiger partial charge >= 0.3 is 12.1 Å². The fourth-order valence-corrected chi connectivity index (χ4v) is 3.91. The van der Waals surface area contributed by atoms with Crippen molar-refractivity contribution >= 4 is 29.6 Å². The highest BCUT2D eigenvalue weighted by Crippen LogP contribution is 2.30. The van der Waals surface area contributed by atoms with Gasteiger partial charge in [0.2, 0.25) is 11.8 Å². The molecule has 39 heavy (non-hydrogen) atoms. The third-order valence-corrected chi connectivity index (χ3v) is 5.83. The Balaban J connectivity index is 1.49. The highest BCUT2D eigenvalue weighted by molar-refractivity contribution is 6.31. The van der Waals surface area contributed by atoms with Crippen LogP contribution >= 0.6 is 11.6 Å². The molecule has 1 aromatic carbocycles. The highest BCUT2D eigenvalue weighted by atomic mass is 35.5. The number of ether oxygens (including phenoxy) is 3. The Bertz CT molecular complexity index is 1350. The summed E-state index contributed by atoms with van der Waals surface area (Å²) in [5.74, 6) is -2.41. The Kier molecular flexibility index (Phi) is 8.14. The molecule has 0 N–H and O–H groups in total. The zero-order valence-electron chi connectivity index (χ0n) is 21.7. The van der Waals surface area contributed by atoms with E-state index in [4.69, 9.17) is 25.8 Å². The number of halogens is 3. The van der Waals surface area contributed by atoms with Gasteiger partial charge in [0.25, 0.3) is 0 Å². The summed E-state index contributed by atoms with van der Waals surface area (Å²) in [4.78, 5) is 41.0. The molecule has 1 aliphatic heterocycles. The lowest BCUT2D eigenvalue weighted by atomic mass is 10.1. The normalized spacial score (nSPS) is 13.7. The zero-order valence-corrected chi connectivity index (χ0v) is 22.5. The number of anilines is 1. The van der Waals surface area contributed by atoms with Gasteiger partial charge < -0.3 is 24.0 Å². The zero-order chi connectivity index (χ0) is 28.3. The molecule has 10 nitrogen and oxygen atoms in total. The number of hydrogen-bond donors (Lipinski definition) is 0. The summed E-state index contributed by atoms with van der Waals surface area (Å²) in [6, 6.07) is 4.78. The Morgan fingerprint density at radius 2 is 1.67 bits per heavy atom. The highest BCUT2D eigenvalue weighted by Gasteiger charge is 2.27. The van der Waals surface area contributed by atoms with Gasteiger partial charge in [-0.15, -0.1) is 0 Å². The molecule has 1 saturated heterocycles. The summed E-state index contributed by atoms with van der Waals surface area (Å²) in [6.45, 7) is 7.40. The summed E-state index contributed by atoms with van der Waals surface area (Å²) in [5.41, 5.74) is -0.263. The van der Waals surface area contributed by atoms with Crippen molar-refractivity contribution in [3.63, 3.8) is 0 Å². The fraction of sp³-hybridized carbons (Fsp3) is 0.346. The van der Waals surface area contributed by atoms with Crippen LogP contribution in [0.4, 0.5) is 19.5 Å². The van der Waals surface area contributed by atoms with E-state index in [0.29, 0.717) is 32.1 Å². The van der Waals surface area contributed by atoms with E-state index >= 15 is 0 Å². The molecule has 1 fully saturated rings. The van der Waals surface area contributed by atoms with Crippen LogP contribution in [0.3, 0.4) is 0 Å². The summed E-state index contributed by atoms with van der Waals surface area (Å²) in [6.07, 6.45) is 2.50. The molecule has 0 aliphatic carbocycles. The third-order valence-electron chi connectivity index (χ3n) is 5.55. The standard InChI is InChI=1S/C26H26ClF2N5O5/c1-26(2,3)39-25(36)34-7-5-33(6-8-34)24-30-13-17(14-31-24)38-21-12-16(23(35)37-4)11-20(32-21)15-9-18(27)22(29)19(28)10-15/h9-14H,5-8H2,1-4H3. The summed E-state index contributed by atoms with van der Waals surface area (Å²) in [5, 5.41) is -0.436. The van der Waals surface area contributed by atoms with Gasteiger partial charge in [-0.05, 0) is 39.0 Å². The molecule has 0 radical (unpaired) electrons. The van der Waals surface area contributed by atoms with Crippen LogP contribution in [-0.4, -0.2) is 70.8 Å². The van der Waals surface area contributed by atoms with Crippen molar-refractivity contribution in [2.45, 2.75) is 26.4 Å². The van der Waals surface area contributed by atoms with Crippen molar-refractivity contribution in [3.05, 3.63) is 58.9 Å². The Hall–Kier alpha value is -4.06. The van der Waals surface area contributed by atoms with Crippen LogP contribution in [0.25, 0.3) is 11.3 Å². The lowest BCUT2D eigenvalue weighted by molar-refractivity contribution is 0.0240. The van der Waals surface area contributed by atoms with Crippen molar-refractivity contribution in [3.8, 4) is 22.9 Å². The third kappa shape index (κ3) is 6.88. The lowest BCUT2D eigenvalue weighted by Crippen LogP contribution is -2.50. The van der Waals surface area contributed by atoms with Gasteiger partial charge in [-0.25, -0.2) is 33.3 Å². The van der Waals surface area contributed by atoms with E-state index in [0.717, 1.165) is 6.07 Å².